The molecule has 34 heavy (non-hydrogen) atoms. The fraction of sp³-hybridized carbons (Fsp3) is 0.381. The second kappa shape index (κ2) is 9.80. The number of urea groups is 1. The van der Waals surface area contributed by atoms with Crippen molar-refractivity contribution in [3.8, 4) is 0 Å². The summed E-state index contributed by atoms with van der Waals surface area (Å²) in [5.74, 6) is -1.17. The number of likely N-dealkylation sites (N-methyl/N-ethyl adjacent to an activating group) is 1. The Hall–Kier alpha value is -2.84. The molecular formula is C21H25N5O6S2. The van der Waals surface area contributed by atoms with E-state index >= 15 is 0 Å². The van der Waals surface area contributed by atoms with Crippen LogP contribution in [0.3, 0.4) is 0 Å². The van der Waals surface area contributed by atoms with Crippen LogP contribution in [0.4, 0.5) is 9.80 Å². The minimum atomic E-state index is -3.68. The molecule has 1 aromatic heterocycles. The predicted octanol–water partition coefficient (Wildman–Crippen LogP) is 0.818. The number of benzene rings is 1. The first kappa shape index (κ1) is 24.3. The third-order valence-corrected chi connectivity index (χ3v) is 8.71. The van der Waals surface area contributed by atoms with E-state index in [2.05, 4.69) is 15.5 Å². The number of hydrogen-bond acceptors (Lipinski definition) is 8. The summed E-state index contributed by atoms with van der Waals surface area (Å²) < 4.78 is 32.1. The molecule has 11 nitrogen and oxygen atoms in total. The van der Waals surface area contributed by atoms with E-state index in [4.69, 9.17) is 10.5 Å². The van der Waals surface area contributed by atoms with Gasteiger partial charge in [-0.05, 0) is 43.3 Å². The number of anilines is 1. The quantitative estimate of drug-likeness (QED) is 0.542. The average molecular weight is 508 g/mol. The Morgan fingerprint density at radius 1 is 1.06 bits per heavy atom. The van der Waals surface area contributed by atoms with E-state index in [1.165, 1.54) is 39.9 Å². The molecule has 3 heterocycles. The van der Waals surface area contributed by atoms with Gasteiger partial charge in [-0.15, -0.1) is 11.3 Å². The number of amides is 4. The van der Waals surface area contributed by atoms with Gasteiger partial charge in [0.1, 0.15) is 5.00 Å². The average Bonchev–Trinajstić information content (AvgIpc) is 3.16. The lowest BCUT2D eigenvalue weighted by atomic mass is 10.0. The number of morpholine rings is 1. The van der Waals surface area contributed by atoms with Crippen molar-refractivity contribution in [2.45, 2.75) is 17.9 Å². The van der Waals surface area contributed by atoms with Gasteiger partial charge in [-0.2, -0.15) is 4.31 Å². The maximum Gasteiger partial charge on any atom is 0.319 e. The van der Waals surface area contributed by atoms with Crippen LogP contribution in [-0.2, 0) is 27.7 Å². The van der Waals surface area contributed by atoms with Crippen LogP contribution in [0.25, 0.3) is 0 Å². The predicted molar refractivity (Wildman–Crippen MR) is 125 cm³/mol. The summed E-state index contributed by atoms with van der Waals surface area (Å²) in [5.41, 5.74) is 6.36. The number of rotatable bonds is 5. The van der Waals surface area contributed by atoms with Gasteiger partial charge < -0.3 is 20.7 Å². The van der Waals surface area contributed by atoms with Gasteiger partial charge in [-0.25, -0.2) is 13.2 Å². The van der Waals surface area contributed by atoms with Gasteiger partial charge in [0.2, 0.25) is 10.0 Å². The number of hydrogen-bond donors (Lipinski definition) is 3. The maximum atomic E-state index is 12.9. The molecule has 1 fully saturated rings. The smallest absolute Gasteiger partial charge is 0.319 e. The lowest BCUT2D eigenvalue weighted by Gasteiger charge is -2.26. The van der Waals surface area contributed by atoms with Gasteiger partial charge in [-0.1, -0.05) is 0 Å². The first-order valence-electron chi connectivity index (χ1n) is 10.6. The molecule has 182 valence electrons. The molecule has 0 atom stereocenters. The maximum absolute atomic E-state index is 12.9. The Morgan fingerprint density at radius 3 is 2.38 bits per heavy atom. The van der Waals surface area contributed by atoms with Crippen LogP contribution in [-0.4, -0.2) is 75.4 Å². The first-order valence-corrected chi connectivity index (χ1v) is 12.9. The fourth-order valence-electron chi connectivity index (χ4n) is 3.92. The van der Waals surface area contributed by atoms with Crippen LogP contribution in [0, 0.1) is 0 Å². The molecule has 1 aromatic carbocycles. The molecule has 2 aliphatic heterocycles. The summed E-state index contributed by atoms with van der Waals surface area (Å²) in [5, 5.41) is 5.14. The van der Waals surface area contributed by atoms with E-state index < -0.39 is 27.9 Å². The molecule has 2 aromatic rings. The van der Waals surface area contributed by atoms with Gasteiger partial charge in [-0.3, -0.25) is 14.9 Å². The number of primary amides is 1. The van der Waals surface area contributed by atoms with E-state index in [-0.39, 0.29) is 29.1 Å². The number of carbonyl (C=O) groups is 3. The standard InChI is InChI=1S/C21H25N5O6S2/c1-25-7-6-15-16(12-25)33-20(17(15)19(28)24-21(22)29)23-18(27)13-2-4-14(5-3-13)34(30,31)26-8-10-32-11-9-26/h2-5H,6-12H2,1H3,(H,23,27)(H3,22,24,28,29). The molecule has 0 aliphatic carbocycles. The molecule has 2 aliphatic rings. The number of carbonyl (C=O) groups excluding carboxylic acids is 3. The number of nitrogens with two attached hydrogens (primary N) is 1. The molecule has 4 rings (SSSR count). The van der Waals surface area contributed by atoms with Gasteiger partial charge >= 0.3 is 6.03 Å². The summed E-state index contributed by atoms with van der Waals surface area (Å²) in [4.78, 5) is 39.9. The van der Waals surface area contributed by atoms with Gasteiger partial charge in [0, 0.05) is 36.6 Å². The molecule has 4 N–H and O–H groups in total. The van der Waals surface area contributed by atoms with Crippen molar-refractivity contribution in [3.05, 3.63) is 45.8 Å². The highest BCUT2D eigenvalue weighted by molar-refractivity contribution is 7.89. The Balaban J connectivity index is 1.57. The highest BCUT2D eigenvalue weighted by atomic mass is 32.2. The van der Waals surface area contributed by atoms with Crippen LogP contribution in [0.2, 0.25) is 0 Å². The second-order valence-electron chi connectivity index (χ2n) is 8.01. The molecule has 0 spiro atoms. The number of imide groups is 1. The van der Waals surface area contributed by atoms with Crippen molar-refractivity contribution in [1.82, 2.24) is 14.5 Å². The van der Waals surface area contributed by atoms with E-state index in [1.807, 2.05) is 7.05 Å². The summed E-state index contributed by atoms with van der Waals surface area (Å²) in [6.45, 7) is 2.57. The molecular weight excluding hydrogens is 482 g/mol. The molecule has 0 radical (unpaired) electrons. The lowest BCUT2D eigenvalue weighted by Crippen LogP contribution is -2.40. The Labute approximate surface area is 200 Å². The molecule has 4 amide bonds. The molecule has 0 unspecified atom stereocenters. The Morgan fingerprint density at radius 2 is 1.74 bits per heavy atom. The molecule has 0 bridgehead atoms. The van der Waals surface area contributed by atoms with Crippen LogP contribution in [0.5, 0.6) is 0 Å². The largest absolute Gasteiger partial charge is 0.379 e. The van der Waals surface area contributed by atoms with Crippen LogP contribution >= 0.6 is 11.3 Å². The number of thiophene rings is 1. The van der Waals surface area contributed by atoms with Crippen molar-refractivity contribution >= 4 is 44.2 Å². The first-order chi connectivity index (χ1) is 16.2. The summed E-state index contributed by atoms with van der Waals surface area (Å²) in [7, 11) is -1.72. The number of fused-ring (bicyclic) bond motifs is 1. The number of sulfonamides is 1. The normalized spacial score (nSPS) is 17.1. The van der Waals surface area contributed by atoms with Crippen molar-refractivity contribution in [3.63, 3.8) is 0 Å². The lowest BCUT2D eigenvalue weighted by molar-refractivity contribution is 0.0730. The van der Waals surface area contributed by atoms with Crippen molar-refractivity contribution in [2.75, 3.05) is 45.2 Å². The van der Waals surface area contributed by atoms with Gasteiger partial charge in [0.15, 0.2) is 0 Å². The number of nitrogens with zero attached hydrogens (tertiary/aromatic N) is 2. The van der Waals surface area contributed by atoms with E-state index in [9.17, 15) is 22.8 Å². The zero-order valence-corrected chi connectivity index (χ0v) is 20.1. The SMILES string of the molecule is CN1CCc2c(sc(NC(=O)c3ccc(S(=O)(=O)N4CCOCC4)cc3)c2C(=O)NC(N)=O)C1. The van der Waals surface area contributed by atoms with Crippen molar-refractivity contribution in [2.24, 2.45) is 5.73 Å². The monoisotopic (exact) mass is 507 g/mol. The van der Waals surface area contributed by atoms with Crippen LogP contribution in [0.1, 0.15) is 31.2 Å². The minimum Gasteiger partial charge on any atom is -0.379 e. The number of nitrogens with one attached hydrogen (secondary N) is 2. The molecule has 1 saturated heterocycles. The molecule has 13 heteroatoms. The minimum absolute atomic E-state index is 0.0853. The van der Waals surface area contributed by atoms with Gasteiger partial charge in [0.25, 0.3) is 11.8 Å². The zero-order chi connectivity index (χ0) is 24.5. The summed E-state index contributed by atoms with van der Waals surface area (Å²) in [6.07, 6.45) is 0.591. The highest BCUT2D eigenvalue weighted by Crippen LogP contribution is 2.37. The summed E-state index contributed by atoms with van der Waals surface area (Å²) in [6, 6.07) is 4.64. The Bertz CT molecular complexity index is 1220. The van der Waals surface area contributed by atoms with E-state index in [0.717, 1.165) is 17.0 Å². The number of ether oxygens (including phenoxy) is 1. The van der Waals surface area contributed by atoms with E-state index in [0.29, 0.717) is 31.2 Å². The van der Waals surface area contributed by atoms with Crippen LogP contribution in [0.15, 0.2) is 29.2 Å². The highest BCUT2D eigenvalue weighted by Gasteiger charge is 2.29. The third-order valence-electron chi connectivity index (χ3n) is 5.66. The molecule has 0 saturated carbocycles. The second-order valence-corrected chi connectivity index (χ2v) is 11.1. The third kappa shape index (κ3) is 4.98. The van der Waals surface area contributed by atoms with Crippen molar-refractivity contribution < 1.29 is 27.5 Å². The van der Waals surface area contributed by atoms with Crippen molar-refractivity contribution in [1.29, 1.82) is 0 Å². The Kier molecular flexibility index (Phi) is 7.00. The van der Waals surface area contributed by atoms with E-state index in [1.54, 1.807) is 0 Å². The summed E-state index contributed by atoms with van der Waals surface area (Å²) >= 11 is 1.27. The fourth-order valence-corrected chi connectivity index (χ4v) is 6.65. The zero-order valence-electron chi connectivity index (χ0n) is 18.5. The van der Waals surface area contributed by atoms with Crippen LogP contribution < -0.4 is 16.4 Å². The topological polar surface area (TPSA) is 151 Å². The van der Waals surface area contributed by atoms with Gasteiger partial charge in [0.05, 0.1) is 23.7 Å².